The van der Waals surface area contributed by atoms with Gasteiger partial charge in [-0.1, -0.05) is 17.2 Å². The molecule has 0 bridgehead atoms. The molecule has 2 atom stereocenters. The zero-order valence-electron chi connectivity index (χ0n) is 8.69. The Morgan fingerprint density at radius 3 is 2.82 bits per heavy atom. The van der Waals surface area contributed by atoms with Crippen LogP contribution in [0.2, 0.25) is 0 Å². The van der Waals surface area contributed by atoms with Gasteiger partial charge < -0.3 is 10.2 Å². The molecule has 0 aromatic heterocycles. The van der Waals surface area contributed by atoms with E-state index in [1.807, 2.05) is 0 Å². The lowest BCUT2D eigenvalue weighted by Crippen LogP contribution is -2.23. The molecule has 6 nitrogen and oxygen atoms in total. The quantitative estimate of drug-likeness (QED) is 0.350. The van der Waals surface area contributed by atoms with E-state index in [0.29, 0.717) is 6.29 Å². The number of nitrogens with zero attached hydrogens (tertiary/aromatic N) is 3. The highest BCUT2D eigenvalue weighted by atomic mass is 19.1. The van der Waals surface area contributed by atoms with Gasteiger partial charge >= 0.3 is 0 Å². The van der Waals surface area contributed by atoms with E-state index in [0.717, 1.165) is 6.07 Å². The Labute approximate surface area is 95.9 Å². The number of rotatable bonds is 5. The van der Waals surface area contributed by atoms with Crippen molar-refractivity contribution in [2.75, 3.05) is 6.54 Å². The number of halogens is 1. The Balaban J connectivity index is 3.05. The van der Waals surface area contributed by atoms with E-state index in [4.69, 9.17) is 5.53 Å². The number of hydrogen-bond acceptors (Lipinski definition) is 4. The van der Waals surface area contributed by atoms with E-state index in [1.54, 1.807) is 0 Å². The summed E-state index contributed by atoms with van der Waals surface area (Å²) < 4.78 is 13.4. The number of hydrogen-bond donors (Lipinski definition) is 2. The van der Waals surface area contributed by atoms with Crippen LogP contribution in [0.1, 0.15) is 22.0 Å². The first kappa shape index (κ1) is 13.1. The molecule has 0 saturated carbocycles. The minimum atomic E-state index is -1.62. The van der Waals surface area contributed by atoms with Crippen LogP contribution in [0.3, 0.4) is 0 Å². The summed E-state index contributed by atoms with van der Waals surface area (Å²) in [7, 11) is 0. The molecule has 0 fully saturated rings. The van der Waals surface area contributed by atoms with Gasteiger partial charge in [-0.25, -0.2) is 4.39 Å². The normalized spacial score (nSPS) is 13.6. The summed E-state index contributed by atoms with van der Waals surface area (Å²) in [5.74, 6) is -0.804. The molecule has 0 aliphatic heterocycles. The van der Waals surface area contributed by atoms with Crippen LogP contribution < -0.4 is 0 Å². The average molecular weight is 239 g/mol. The number of aldehydes is 1. The summed E-state index contributed by atoms with van der Waals surface area (Å²) in [6, 6.07) is 3.69. The fourth-order valence-corrected chi connectivity index (χ4v) is 1.38. The zero-order valence-corrected chi connectivity index (χ0v) is 8.69. The first-order valence-corrected chi connectivity index (χ1v) is 4.72. The molecular weight excluding hydrogens is 229 g/mol. The van der Waals surface area contributed by atoms with Crippen LogP contribution in [0.4, 0.5) is 4.39 Å². The SMILES string of the molecule is [N-]=[N+]=NCC(O)C(O)c1c(F)cccc1C=O. The van der Waals surface area contributed by atoms with Crippen LogP contribution in [0.15, 0.2) is 23.3 Å². The summed E-state index contributed by atoms with van der Waals surface area (Å²) in [5, 5.41) is 22.2. The Kier molecular flexibility index (Phi) is 4.59. The van der Waals surface area contributed by atoms with Crippen LogP contribution in [-0.2, 0) is 0 Å². The van der Waals surface area contributed by atoms with Crippen LogP contribution in [0, 0.1) is 5.82 Å². The van der Waals surface area contributed by atoms with Gasteiger partial charge in [0, 0.05) is 16.0 Å². The third-order valence-corrected chi connectivity index (χ3v) is 2.21. The maximum absolute atomic E-state index is 13.4. The topological polar surface area (TPSA) is 106 Å². The van der Waals surface area contributed by atoms with E-state index >= 15 is 0 Å². The van der Waals surface area contributed by atoms with E-state index in [9.17, 15) is 19.4 Å². The van der Waals surface area contributed by atoms with Gasteiger partial charge in [0.1, 0.15) is 11.9 Å². The smallest absolute Gasteiger partial charge is 0.150 e. The lowest BCUT2D eigenvalue weighted by atomic mass is 9.98. The minimum absolute atomic E-state index is 0.0579. The molecule has 17 heavy (non-hydrogen) atoms. The monoisotopic (exact) mass is 239 g/mol. The molecule has 2 unspecified atom stereocenters. The lowest BCUT2D eigenvalue weighted by Gasteiger charge is -2.18. The van der Waals surface area contributed by atoms with E-state index < -0.39 is 24.6 Å². The lowest BCUT2D eigenvalue weighted by molar-refractivity contribution is 0.0219. The summed E-state index contributed by atoms with van der Waals surface area (Å²) in [5.41, 5.74) is 7.70. The third kappa shape index (κ3) is 3.01. The Bertz CT molecular complexity index is 460. The number of azide groups is 1. The van der Waals surface area contributed by atoms with Crippen molar-refractivity contribution < 1.29 is 19.4 Å². The molecule has 0 saturated heterocycles. The van der Waals surface area contributed by atoms with Crippen LogP contribution in [-0.4, -0.2) is 29.1 Å². The molecular formula is C10H10FN3O3. The van der Waals surface area contributed by atoms with E-state index in [-0.39, 0.29) is 11.1 Å². The predicted octanol–water partition coefficient (Wildman–Crippen LogP) is 1.34. The van der Waals surface area contributed by atoms with Crippen molar-refractivity contribution in [1.82, 2.24) is 0 Å². The van der Waals surface area contributed by atoms with Gasteiger partial charge in [-0.05, 0) is 11.6 Å². The molecule has 0 radical (unpaired) electrons. The third-order valence-electron chi connectivity index (χ3n) is 2.21. The van der Waals surface area contributed by atoms with Gasteiger partial charge in [-0.2, -0.15) is 0 Å². The highest BCUT2D eigenvalue weighted by Gasteiger charge is 2.23. The summed E-state index contributed by atoms with van der Waals surface area (Å²) >= 11 is 0. The predicted molar refractivity (Wildman–Crippen MR) is 56.8 cm³/mol. The average Bonchev–Trinajstić information content (AvgIpc) is 2.34. The molecule has 1 aromatic rings. The fourth-order valence-electron chi connectivity index (χ4n) is 1.38. The van der Waals surface area contributed by atoms with Crippen molar-refractivity contribution in [3.8, 4) is 0 Å². The van der Waals surface area contributed by atoms with E-state index in [2.05, 4.69) is 10.0 Å². The molecule has 1 aromatic carbocycles. The van der Waals surface area contributed by atoms with Crippen molar-refractivity contribution in [2.24, 2.45) is 5.11 Å². The second kappa shape index (κ2) is 5.95. The maximum Gasteiger partial charge on any atom is 0.150 e. The van der Waals surface area contributed by atoms with Gasteiger partial charge in [0.05, 0.1) is 12.6 Å². The van der Waals surface area contributed by atoms with Crippen molar-refractivity contribution in [3.05, 3.63) is 45.6 Å². The van der Waals surface area contributed by atoms with Gasteiger partial charge in [0.15, 0.2) is 6.29 Å². The molecule has 0 spiro atoms. The fraction of sp³-hybridized carbons (Fsp3) is 0.300. The molecule has 2 N–H and O–H groups in total. The Morgan fingerprint density at radius 1 is 1.53 bits per heavy atom. The number of carbonyl (C=O) groups excluding carboxylic acids is 1. The molecule has 7 heteroatoms. The Morgan fingerprint density at radius 2 is 2.24 bits per heavy atom. The van der Waals surface area contributed by atoms with E-state index in [1.165, 1.54) is 12.1 Å². The van der Waals surface area contributed by atoms with Crippen LogP contribution in [0.25, 0.3) is 10.4 Å². The minimum Gasteiger partial charge on any atom is -0.390 e. The molecule has 0 amide bonds. The second-order valence-corrected chi connectivity index (χ2v) is 3.29. The molecule has 0 aliphatic carbocycles. The van der Waals surface area contributed by atoms with Crippen molar-refractivity contribution in [1.29, 1.82) is 0 Å². The summed E-state index contributed by atoms with van der Waals surface area (Å²) in [6.45, 7) is -0.412. The Hall–Kier alpha value is -1.95. The van der Waals surface area contributed by atoms with Crippen molar-refractivity contribution in [3.63, 3.8) is 0 Å². The first-order valence-electron chi connectivity index (χ1n) is 4.72. The highest BCUT2D eigenvalue weighted by molar-refractivity contribution is 5.77. The zero-order chi connectivity index (χ0) is 12.8. The first-order chi connectivity index (χ1) is 8.11. The standard InChI is InChI=1S/C10H10FN3O3/c11-7-3-1-2-6(5-15)9(7)10(17)8(16)4-13-14-12/h1-3,5,8,10,16-17H,4H2. The maximum atomic E-state index is 13.4. The number of carbonyl (C=O) groups is 1. The van der Waals surface area contributed by atoms with Crippen molar-refractivity contribution >= 4 is 6.29 Å². The number of aliphatic hydroxyl groups is 2. The van der Waals surface area contributed by atoms with Gasteiger partial charge in [-0.3, -0.25) is 4.79 Å². The number of benzene rings is 1. The molecule has 0 aliphatic rings. The van der Waals surface area contributed by atoms with Gasteiger partial charge in [0.25, 0.3) is 0 Å². The largest absolute Gasteiger partial charge is 0.390 e. The summed E-state index contributed by atoms with van der Waals surface area (Å²) in [6.07, 6.45) is -2.72. The van der Waals surface area contributed by atoms with Crippen molar-refractivity contribution in [2.45, 2.75) is 12.2 Å². The molecule has 1 rings (SSSR count). The highest BCUT2D eigenvalue weighted by Crippen LogP contribution is 2.23. The van der Waals surface area contributed by atoms with Crippen LogP contribution >= 0.6 is 0 Å². The molecule has 90 valence electrons. The second-order valence-electron chi connectivity index (χ2n) is 3.29. The number of aliphatic hydroxyl groups excluding tert-OH is 2. The molecule has 0 heterocycles. The van der Waals surface area contributed by atoms with Gasteiger partial charge in [0.2, 0.25) is 0 Å². The van der Waals surface area contributed by atoms with Gasteiger partial charge in [-0.15, -0.1) is 0 Å². The summed E-state index contributed by atoms with van der Waals surface area (Å²) in [4.78, 5) is 13.1. The van der Waals surface area contributed by atoms with Crippen LogP contribution in [0.5, 0.6) is 0 Å².